The van der Waals surface area contributed by atoms with Gasteiger partial charge >= 0.3 is 0 Å². The Morgan fingerprint density at radius 2 is 1.86 bits per heavy atom. The van der Waals surface area contributed by atoms with E-state index in [4.69, 9.17) is 0 Å². The van der Waals surface area contributed by atoms with Crippen LogP contribution in [-0.2, 0) is 6.54 Å². The topological polar surface area (TPSA) is 34.0 Å². The second kappa shape index (κ2) is 6.09. The molecular weight excluding hydrogens is 272 g/mol. The molecule has 1 aromatic heterocycles. The van der Waals surface area contributed by atoms with Gasteiger partial charge in [-0.1, -0.05) is 29.8 Å². The summed E-state index contributed by atoms with van der Waals surface area (Å²) in [7, 11) is 0. The summed E-state index contributed by atoms with van der Waals surface area (Å²) in [6.45, 7) is 7.37. The fourth-order valence-electron chi connectivity index (χ4n) is 3.08. The lowest BCUT2D eigenvalue weighted by atomic mass is 10.1. The molecule has 22 heavy (non-hydrogen) atoms. The van der Waals surface area contributed by atoms with Crippen molar-refractivity contribution in [1.29, 1.82) is 0 Å². The number of benzene rings is 1. The average Bonchev–Trinajstić information content (AvgIpc) is 3.27. The summed E-state index contributed by atoms with van der Waals surface area (Å²) < 4.78 is 2.33. The van der Waals surface area contributed by atoms with Crippen LogP contribution in [0.15, 0.2) is 30.3 Å². The quantitative estimate of drug-likeness (QED) is 0.824. The highest BCUT2D eigenvalue weighted by molar-refractivity contribution is 5.99. The molecule has 1 N–H and O–H groups in total. The standard InChI is InChI=1S/C19H24N2O/c1-13-4-6-16(7-5-13)11-20-12-19(22)18-10-14(2)21(15(18)3)17-8-9-17/h4-7,10,17,20H,8-9,11-12H2,1-3H3. The number of aryl methyl sites for hydroxylation is 2. The van der Waals surface area contributed by atoms with Crippen molar-refractivity contribution in [3.63, 3.8) is 0 Å². The monoisotopic (exact) mass is 296 g/mol. The summed E-state index contributed by atoms with van der Waals surface area (Å²) in [5.41, 5.74) is 5.68. The highest BCUT2D eigenvalue weighted by atomic mass is 16.1. The first kappa shape index (κ1) is 15.0. The number of rotatable bonds is 6. The molecule has 116 valence electrons. The third-order valence-electron chi connectivity index (χ3n) is 4.43. The van der Waals surface area contributed by atoms with Crippen molar-refractivity contribution in [2.45, 2.75) is 46.2 Å². The molecule has 1 heterocycles. The zero-order valence-corrected chi connectivity index (χ0v) is 13.6. The van der Waals surface area contributed by atoms with Crippen LogP contribution in [0.1, 0.15) is 51.8 Å². The molecule has 3 heteroatoms. The first-order valence-electron chi connectivity index (χ1n) is 8.04. The molecule has 1 saturated carbocycles. The van der Waals surface area contributed by atoms with Crippen molar-refractivity contribution < 1.29 is 4.79 Å². The number of ketones is 1. The molecule has 0 amide bonds. The lowest BCUT2D eigenvalue weighted by Gasteiger charge is -2.08. The van der Waals surface area contributed by atoms with Crippen LogP contribution in [0.25, 0.3) is 0 Å². The van der Waals surface area contributed by atoms with E-state index >= 15 is 0 Å². The minimum absolute atomic E-state index is 0.187. The van der Waals surface area contributed by atoms with E-state index in [1.54, 1.807) is 0 Å². The van der Waals surface area contributed by atoms with Crippen LogP contribution in [0, 0.1) is 20.8 Å². The van der Waals surface area contributed by atoms with Crippen molar-refractivity contribution in [2.24, 2.45) is 0 Å². The van der Waals surface area contributed by atoms with E-state index < -0.39 is 0 Å². The third kappa shape index (κ3) is 3.14. The zero-order valence-electron chi connectivity index (χ0n) is 13.6. The minimum Gasteiger partial charge on any atom is -0.345 e. The van der Waals surface area contributed by atoms with Crippen molar-refractivity contribution in [1.82, 2.24) is 9.88 Å². The van der Waals surface area contributed by atoms with Gasteiger partial charge in [0.05, 0.1) is 6.54 Å². The van der Waals surface area contributed by atoms with Gasteiger partial charge in [0.15, 0.2) is 5.78 Å². The number of Topliss-reactive ketones (excluding diaryl/α,β-unsaturated/α-hetero) is 1. The molecule has 0 spiro atoms. The van der Waals surface area contributed by atoms with Crippen LogP contribution in [0.4, 0.5) is 0 Å². The molecule has 0 bridgehead atoms. The number of carbonyl (C=O) groups is 1. The number of hydrogen-bond acceptors (Lipinski definition) is 2. The summed E-state index contributed by atoms with van der Waals surface area (Å²) in [5, 5.41) is 3.26. The molecule has 0 unspecified atom stereocenters. The second-order valence-electron chi connectivity index (χ2n) is 6.40. The maximum Gasteiger partial charge on any atom is 0.178 e. The Bertz CT molecular complexity index is 678. The van der Waals surface area contributed by atoms with E-state index in [2.05, 4.69) is 54.9 Å². The van der Waals surface area contributed by atoms with Gasteiger partial charge in [0.25, 0.3) is 0 Å². The van der Waals surface area contributed by atoms with Crippen molar-refractivity contribution in [2.75, 3.05) is 6.54 Å². The summed E-state index contributed by atoms with van der Waals surface area (Å²) in [6.07, 6.45) is 2.49. The summed E-state index contributed by atoms with van der Waals surface area (Å²) >= 11 is 0. The Kier molecular flexibility index (Phi) is 4.16. The van der Waals surface area contributed by atoms with Crippen LogP contribution < -0.4 is 5.32 Å². The Hall–Kier alpha value is -1.87. The Morgan fingerprint density at radius 3 is 2.50 bits per heavy atom. The zero-order chi connectivity index (χ0) is 15.7. The molecule has 0 radical (unpaired) electrons. The molecule has 0 saturated heterocycles. The fraction of sp³-hybridized carbons (Fsp3) is 0.421. The predicted molar refractivity (Wildman–Crippen MR) is 89.4 cm³/mol. The first-order valence-corrected chi connectivity index (χ1v) is 8.04. The Labute approximate surface area is 132 Å². The van der Waals surface area contributed by atoms with Gasteiger partial charge in [-0.3, -0.25) is 4.79 Å². The lowest BCUT2D eigenvalue weighted by Crippen LogP contribution is -2.23. The molecule has 1 aliphatic carbocycles. The van der Waals surface area contributed by atoms with Crippen LogP contribution in [0.2, 0.25) is 0 Å². The third-order valence-corrected chi connectivity index (χ3v) is 4.43. The number of nitrogens with zero attached hydrogens (tertiary/aromatic N) is 1. The Balaban J connectivity index is 1.60. The van der Waals surface area contributed by atoms with Gasteiger partial charge < -0.3 is 9.88 Å². The Morgan fingerprint density at radius 1 is 1.18 bits per heavy atom. The highest BCUT2D eigenvalue weighted by Crippen LogP contribution is 2.38. The van der Waals surface area contributed by atoms with Crippen LogP contribution >= 0.6 is 0 Å². The molecular formula is C19H24N2O. The molecule has 0 aliphatic heterocycles. The van der Waals surface area contributed by atoms with E-state index in [1.165, 1.54) is 29.7 Å². The largest absolute Gasteiger partial charge is 0.345 e. The van der Waals surface area contributed by atoms with E-state index in [0.717, 1.165) is 17.8 Å². The predicted octanol–water partition coefficient (Wildman–Crippen LogP) is 3.72. The number of hydrogen-bond donors (Lipinski definition) is 1. The average molecular weight is 296 g/mol. The van der Waals surface area contributed by atoms with Crippen LogP contribution in [0.5, 0.6) is 0 Å². The van der Waals surface area contributed by atoms with Gasteiger partial charge in [0.2, 0.25) is 0 Å². The minimum atomic E-state index is 0.187. The summed E-state index contributed by atoms with van der Waals surface area (Å²) in [4.78, 5) is 12.4. The van der Waals surface area contributed by atoms with Gasteiger partial charge in [-0.15, -0.1) is 0 Å². The van der Waals surface area contributed by atoms with Crippen LogP contribution in [-0.4, -0.2) is 16.9 Å². The summed E-state index contributed by atoms with van der Waals surface area (Å²) in [6, 6.07) is 11.1. The molecule has 2 aromatic rings. The highest BCUT2D eigenvalue weighted by Gasteiger charge is 2.28. The van der Waals surface area contributed by atoms with Crippen molar-refractivity contribution >= 4 is 5.78 Å². The fourth-order valence-corrected chi connectivity index (χ4v) is 3.08. The van der Waals surface area contributed by atoms with Crippen molar-refractivity contribution in [3.8, 4) is 0 Å². The van der Waals surface area contributed by atoms with E-state index in [-0.39, 0.29) is 5.78 Å². The van der Waals surface area contributed by atoms with Gasteiger partial charge in [-0.05, 0) is 45.2 Å². The van der Waals surface area contributed by atoms with Gasteiger partial charge in [0, 0.05) is 29.5 Å². The van der Waals surface area contributed by atoms with Crippen molar-refractivity contribution in [3.05, 3.63) is 58.4 Å². The van der Waals surface area contributed by atoms with Gasteiger partial charge in [0.1, 0.15) is 0 Å². The molecule has 1 aliphatic rings. The molecule has 3 nitrogen and oxygen atoms in total. The molecule has 1 aromatic carbocycles. The lowest BCUT2D eigenvalue weighted by molar-refractivity contribution is 0.0990. The van der Waals surface area contributed by atoms with Gasteiger partial charge in [-0.25, -0.2) is 0 Å². The maximum absolute atomic E-state index is 12.4. The van der Waals surface area contributed by atoms with E-state index in [1.807, 2.05) is 6.07 Å². The molecule has 0 atom stereocenters. The number of carbonyl (C=O) groups excluding carboxylic acids is 1. The second-order valence-corrected chi connectivity index (χ2v) is 6.40. The first-order chi connectivity index (χ1) is 10.6. The van der Waals surface area contributed by atoms with Crippen LogP contribution in [0.3, 0.4) is 0 Å². The smallest absolute Gasteiger partial charge is 0.178 e. The van der Waals surface area contributed by atoms with E-state index in [0.29, 0.717) is 12.6 Å². The maximum atomic E-state index is 12.4. The van der Waals surface area contributed by atoms with Gasteiger partial charge in [-0.2, -0.15) is 0 Å². The normalized spacial score (nSPS) is 14.3. The SMILES string of the molecule is Cc1ccc(CNCC(=O)c2cc(C)n(C3CC3)c2C)cc1. The number of aromatic nitrogens is 1. The molecule has 1 fully saturated rings. The van der Waals surface area contributed by atoms with E-state index in [9.17, 15) is 4.79 Å². The summed E-state index contributed by atoms with van der Waals surface area (Å²) in [5.74, 6) is 0.187. The molecule has 3 rings (SSSR count). The number of nitrogens with one attached hydrogen (secondary N) is 1.